The molecule has 1 saturated carbocycles. The topological polar surface area (TPSA) is 279 Å². The minimum absolute atomic E-state index is 0.153. The number of hydrogen-bond acceptors (Lipinski definition) is 18. The first-order valence-electron chi connectivity index (χ1n) is 25.2. The molecule has 0 atom stereocenters. The van der Waals surface area contributed by atoms with Crippen molar-refractivity contribution in [2.24, 2.45) is 0 Å². The summed E-state index contributed by atoms with van der Waals surface area (Å²) in [7, 11) is 0. The van der Waals surface area contributed by atoms with Crippen LogP contribution in [0, 0.1) is 0 Å². The van der Waals surface area contributed by atoms with Gasteiger partial charge >= 0.3 is 35.8 Å². The number of benzene rings is 4. The Morgan fingerprint density at radius 2 is 0.850 bits per heavy atom. The van der Waals surface area contributed by atoms with Crippen molar-refractivity contribution in [3.8, 4) is 51.7 Å². The Morgan fingerprint density at radius 3 is 1.23 bits per heavy atom. The van der Waals surface area contributed by atoms with Crippen molar-refractivity contribution in [1.29, 1.82) is 0 Å². The second kappa shape index (κ2) is 33.5. The summed E-state index contributed by atoms with van der Waals surface area (Å²) in [5.74, 6) is -3.48. The molecule has 0 spiro atoms. The lowest BCUT2D eigenvalue weighted by atomic mass is 10.00. The SMILES string of the molecule is C=C(C)C(=O)OC(C)(C)CC.C=C(C)C(=O)OC(C)(CC)CC.C=C(C)C(=O)OC1(C)CCCC1.C=C(C)C(=O)Oc1ccc(O)c(O)c1.C=C(C)C(=O)Oc1ccc2cc(O)c(O)cc2c1.C=CC(=O)Oc1ccc(O)c(O)c1. The molecule has 4 aromatic carbocycles. The first-order valence-corrected chi connectivity index (χ1v) is 25.2. The Hall–Kier alpha value is -8.80. The maximum absolute atomic E-state index is 11.4. The number of rotatable bonds is 15. The Labute approximate surface area is 469 Å². The molecule has 0 heterocycles. The molecule has 0 amide bonds. The molecule has 0 aromatic heterocycles. The van der Waals surface area contributed by atoms with Crippen LogP contribution in [0.15, 0.2) is 140 Å². The monoisotopic (exact) mass is 1110 g/mol. The summed E-state index contributed by atoms with van der Waals surface area (Å²) in [4.78, 5) is 66.4. The van der Waals surface area contributed by atoms with Gasteiger partial charge in [-0.1, -0.05) is 66.3 Å². The van der Waals surface area contributed by atoms with E-state index in [1.807, 2.05) is 48.5 Å². The van der Waals surface area contributed by atoms with E-state index in [0.717, 1.165) is 55.7 Å². The van der Waals surface area contributed by atoms with Crippen molar-refractivity contribution in [3.05, 3.63) is 140 Å². The molecule has 0 bridgehead atoms. The zero-order valence-corrected chi connectivity index (χ0v) is 48.2. The fraction of sp³-hybridized carbons (Fsp3) is 0.355. The van der Waals surface area contributed by atoms with Gasteiger partial charge in [0, 0.05) is 46.1 Å². The van der Waals surface area contributed by atoms with E-state index in [-0.39, 0.29) is 86.3 Å². The van der Waals surface area contributed by atoms with Crippen molar-refractivity contribution in [3.63, 3.8) is 0 Å². The maximum Gasteiger partial charge on any atom is 0.338 e. The average Bonchev–Trinajstić information content (AvgIpc) is 3.82. The van der Waals surface area contributed by atoms with Gasteiger partial charge in [0.05, 0.1) is 0 Å². The minimum Gasteiger partial charge on any atom is -0.504 e. The van der Waals surface area contributed by atoms with Crippen LogP contribution >= 0.6 is 0 Å². The number of carbonyl (C=O) groups is 6. The zero-order chi connectivity index (χ0) is 61.9. The van der Waals surface area contributed by atoms with Gasteiger partial charge in [-0.2, -0.15) is 0 Å². The van der Waals surface area contributed by atoms with E-state index in [0.29, 0.717) is 33.4 Å². The van der Waals surface area contributed by atoms with Crippen LogP contribution in [0.2, 0.25) is 0 Å². The second-order valence-corrected chi connectivity index (χ2v) is 19.6. The van der Waals surface area contributed by atoms with Crippen molar-refractivity contribution in [1.82, 2.24) is 0 Å². The highest BCUT2D eigenvalue weighted by Crippen LogP contribution is 2.34. The number of hydrogen-bond donors (Lipinski definition) is 6. The highest BCUT2D eigenvalue weighted by Gasteiger charge is 2.32. The largest absolute Gasteiger partial charge is 0.504 e. The van der Waals surface area contributed by atoms with Gasteiger partial charge in [0.2, 0.25) is 0 Å². The molecule has 0 saturated heterocycles. The third kappa shape index (κ3) is 27.0. The minimum atomic E-state index is -0.620. The van der Waals surface area contributed by atoms with E-state index in [1.165, 1.54) is 56.2 Å². The third-order valence-electron chi connectivity index (χ3n) is 11.4. The van der Waals surface area contributed by atoms with Crippen LogP contribution in [-0.4, -0.2) is 83.3 Å². The van der Waals surface area contributed by atoms with Crippen molar-refractivity contribution in [2.75, 3.05) is 0 Å². The molecule has 6 N–H and O–H groups in total. The van der Waals surface area contributed by atoms with Crippen LogP contribution in [0.3, 0.4) is 0 Å². The van der Waals surface area contributed by atoms with Gasteiger partial charge < -0.3 is 59.1 Å². The molecule has 1 aliphatic rings. The fourth-order valence-electron chi connectivity index (χ4n) is 5.65. The molecule has 0 unspecified atom stereocenters. The second-order valence-electron chi connectivity index (χ2n) is 19.6. The first kappa shape index (κ1) is 71.2. The lowest BCUT2D eigenvalue weighted by Gasteiger charge is -2.26. The predicted octanol–water partition coefficient (Wildman–Crippen LogP) is 12.9. The molecule has 5 rings (SSSR count). The Bertz CT molecular complexity index is 2850. The standard InChI is InChI=1S/C14H12O4.C10H10O4.C10H16O2.C10H18O2.C9H8O4.C9H16O2/c1-8(2)14(17)18-11-4-3-9-6-12(15)13(16)7-10(9)5-11;1-6(2)10(13)14-7-3-4-8(11)9(12)5-7;1-8(2)9(11)12-10(3)6-4-5-7-10;1-6-10(5,7-2)12-9(11)8(3)4;1-2-9(12)13-6-3-4-7(10)8(11)5-6;1-6-9(4,5)11-8(10)7(2)3/h3-7,15-16H,1H2,2H3;3-5,11-12H,1H2,2H3;1,4-7H2,2-3H3;3,6-7H2,1-2,4-5H3;2-5,10-11H,1H2;2,6H2,1,3-5H3. The number of esters is 6. The molecule has 0 radical (unpaired) electrons. The van der Waals surface area contributed by atoms with E-state index in [4.69, 9.17) is 44.1 Å². The van der Waals surface area contributed by atoms with E-state index in [9.17, 15) is 39.0 Å². The molecule has 80 heavy (non-hydrogen) atoms. The molecule has 18 heteroatoms. The van der Waals surface area contributed by atoms with E-state index < -0.39 is 17.9 Å². The first-order chi connectivity index (χ1) is 37.0. The normalized spacial score (nSPS) is 11.7. The zero-order valence-electron chi connectivity index (χ0n) is 48.2. The molecular weight excluding hydrogens is 1030 g/mol. The fourth-order valence-corrected chi connectivity index (χ4v) is 5.65. The molecule has 1 aliphatic carbocycles. The van der Waals surface area contributed by atoms with Gasteiger partial charge in [-0.05, 0) is 167 Å². The number of fused-ring (bicyclic) bond motifs is 1. The molecule has 0 aliphatic heterocycles. The Balaban J connectivity index is 0.000000945. The van der Waals surface area contributed by atoms with Crippen LogP contribution in [0.4, 0.5) is 0 Å². The lowest BCUT2D eigenvalue weighted by molar-refractivity contribution is -0.154. The van der Waals surface area contributed by atoms with Crippen molar-refractivity contribution in [2.45, 2.75) is 145 Å². The quantitative estimate of drug-likeness (QED) is 0.0212. The smallest absolute Gasteiger partial charge is 0.338 e. The van der Waals surface area contributed by atoms with Gasteiger partial charge in [0.15, 0.2) is 34.5 Å². The lowest BCUT2D eigenvalue weighted by Crippen LogP contribution is -2.30. The van der Waals surface area contributed by atoms with Crippen LogP contribution < -0.4 is 14.2 Å². The van der Waals surface area contributed by atoms with Gasteiger partial charge in [0.1, 0.15) is 34.1 Å². The molecular formula is C62H80O18. The Morgan fingerprint density at radius 1 is 0.487 bits per heavy atom. The Kier molecular flexibility index (Phi) is 29.8. The number of carbonyl (C=O) groups excluding carboxylic acids is 6. The van der Waals surface area contributed by atoms with Gasteiger partial charge in [-0.15, -0.1) is 0 Å². The van der Waals surface area contributed by atoms with Crippen molar-refractivity contribution < 1.29 is 87.8 Å². The molecule has 18 nitrogen and oxygen atoms in total. The summed E-state index contributed by atoms with van der Waals surface area (Å²) in [6.45, 7) is 42.5. The van der Waals surface area contributed by atoms with Crippen LogP contribution in [-0.2, 0) is 43.0 Å². The van der Waals surface area contributed by atoms with Crippen LogP contribution in [0.5, 0.6) is 51.7 Å². The van der Waals surface area contributed by atoms with Crippen LogP contribution in [0.25, 0.3) is 10.8 Å². The third-order valence-corrected chi connectivity index (χ3v) is 11.4. The summed E-state index contributed by atoms with van der Waals surface area (Å²) in [6.07, 6.45) is 7.80. The highest BCUT2D eigenvalue weighted by atomic mass is 16.6. The highest BCUT2D eigenvalue weighted by molar-refractivity contribution is 5.92. The van der Waals surface area contributed by atoms with Gasteiger partial charge in [-0.3, -0.25) is 0 Å². The summed E-state index contributed by atoms with van der Waals surface area (Å²) < 4.78 is 30.2. The van der Waals surface area contributed by atoms with Gasteiger partial charge in [0.25, 0.3) is 0 Å². The van der Waals surface area contributed by atoms with E-state index >= 15 is 0 Å². The van der Waals surface area contributed by atoms with E-state index in [2.05, 4.69) is 44.2 Å². The molecule has 436 valence electrons. The average molecular weight is 1110 g/mol. The predicted molar refractivity (Wildman–Crippen MR) is 306 cm³/mol. The summed E-state index contributed by atoms with van der Waals surface area (Å²) in [6, 6.07) is 15.2. The summed E-state index contributed by atoms with van der Waals surface area (Å²) >= 11 is 0. The molecule has 1 fully saturated rings. The number of phenolic OH excluding ortho intramolecular Hbond substituents is 6. The van der Waals surface area contributed by atoms with Gasteiger partial charge in [-0.25, -0.2) is 28.8 Å². The van der Waals surface area contributed by atoms with Crippen molar-refractivity contribution >= 4 is 46.6 Å². The maximum atomic E-state index is 11.4. The summed E-state index contributed by atoms with van der Waals surface area (Å²) in [5.41, 5.74) is 1.07. The molecule has 4 aromatic rings. The number of ether oxygens (including phenoxy) is 6. The number of aromatic hydroxyl groups is 6. The van der Waals surface area contributed by atoms with Crippen LogP contribution in [0.1, 0.15) is 128 Å². The number of phenols is 6. The van der Waals surface area contributed by atoms with E-state index in [1.54, 1.807) is 45.9 Å². The summed E-state index contributed by atoms with van der Waals surface area (Å²) in [5, 5.41) is 56.2.